The molecule has 0 unspecified atom stereocenters. The molecule has 2 fully saturated rings. The lowest BCUT2D eigenvalue weighted by molar-refractivity contribution is -0.122. The van der Waals surface area contributed by atoms with E-state index < -0.39 is 24.5 Å². The molecular weight excluding hydrogens is 452 g/mol. The number of carbonyl (C=O) groups is 5. The maximum Gasteiger partial charge on any atom is 0.338 e. The Labute approximate surface area is 202 Å². The monoisotopic (exact) mass is 478 g/mol. The first-order chi connectivity index (χ1) is 16.8. The smallest absolute Gasteiger partial charge is 0.338 e. The zero-order chi connectivity index (χ0) is 25.1. The first-order valence-corrected chi connectivity index (χ1v) is 11.4. The molecule has 2 aromatic rings. The van der Waals surface area contributed by atoms with E-state index in [0.29, 0.717) is 29.3 Å². The summed E-state index contributed by atoms with van der Waals surface area (Å²) in [6.07, 6.45) is 2.37. The molecule has 1 N–H and O–H groups in total. The van der Waals surface area contributed by atoms with Crippen LogP contribution < -0.4 is 10.2 Å². The third-order valence-corrected chi connectivity index (χ3v) is 6.47. The fourth-order valence-electron chi connectivity index (χ4n) is 4.61. The minimum absolute atomic E-state index is 0.182. The van der Waals surface area contributed by atoms with Crippen LogP contribution in [0, 0.1) is 17.8 Å². The van der Waals surface area contributed by atoms with Gasteiger partial charge in [0.05, 0.1) is 35.8 Å². The van der Waals surface area contributed by atoms with Gasteiger partial charge in [-0.1, -0.05) is 6.92 Å². The van der Waals surface area contributed by atoms with E-state index in [1.165, 1.54) is 60.5 Å². The normalized spacial score (nSPS) is 21.3. The summed E-state index contributed by atoms with van der Waals surface area (Å²) in [6.45, 7) is 1.59. The molecule has 2 aromatic carbocycles. The Balaban J connectivity index is 1.32. The molecule has 1 aliphatic heterocycles. The number of esters is 2. The van der Waals surface area contributed by atoms with Gasteiger partial charge in [-0.3, -0.25) is 19.3 Å². The third-order valence-electron chi connectivity index (χ3n) is 6.47. The first kappa shape index (κ1) is 24.1. The molecule has 0 bridgehead atoms. The minimum atomic E-state index is -0.714. The van der Waals surface area contributed by atoms with Crippen LogP contribution in [0.3, 0.4) is 0 Å². The lowest BCUT2D eigenvalue weighted by Gasteiger charge is -2.25. The van der Waals surface area contributed by atoms with Crippen LogP contribution in [0.2, 0.25) is 0 Å². The summed E-state index contributed by atoms with van der Waals surface area (Å²) in [7, 11) is 1.28. The summed E-state index contributed by atoms with van der Waals surface area (Å²) in [6, 6.07) is 12.1. The quantitative estimate of drug-likeness (QED) is 0.500. The highest BCUT2D eigenvalue weighted by Crippen LogP contribution is 2.42. The van der Waals surface area contributed by atoms with Crippen LogP contribution in [-0.2, 0) is 23.9 Å². The van der Waals surface area contributed by atoms with Gasteiger partial charge in [-0.05, 0) is 73.7 Å². The van der Waals surface area contributed by atoms with Gasteiger partial charge in [0.1, 0.15) is 0 Å². The fraction of sp³-hybridized carbons (Fsp3) is 0.346. The summed E-state index contributed by atoms with van der Waals surface area (Å²) in [5.41, 5.74) is 1.38. The number of fused-ring (bicyclic) bond motifs is 1. The number of rotatable bonds is 6. The van der Waals surface area contributed by atoms with E-state index in [0.717, 1.165) is 12.8 Å². The molecule has 0 aromatic heterocycles. The van der Waals surface area contributed by atoms with Crippen molar-refractivity contribution in [1.82, 2.24) is 0 Å². The molecular formula is C26H26N2O7. The van der Waals surface area contributed by atoms with E-state index in [1.54, 1.807) is 0 Å². The highest BCUT2D eigenvalue weighted by Gasteiger charge is 2.49. The number of nitrogens with zero attached hydrogens (tertiary/aromatic N) is 1. The molecule has 35 heavy (non-hydrogen) atoms. The number of anilines is 2. The number of methoxy groups -OCH3 is 1. The van der Waals surface area contributed by atoms with Gasteiger partial charge in [-0.2, -0.15) is 0 Å². The second-order valence-electron chi connectivity index (χ2n) is 8.88. The molecule has 1 heterocycles. The molecule has 3 atom stereocenters. The number of imide groups is 1. The number of hydrogen-bond donors (Lipinski definition) is 1. The van der Waals surface area contributed by atoms with Gasteiger partial charge in [0, 0.05) is 5.69 Å². The minimum Gasteiger partial charge on any atom is -0.465 e. The SMILES string of the molecule is COC(=O)c1ccc(NC(=O)COC(=O)c2ccc(N3C(=O)[C@@H]4CC[C@H](C)C[C@H]4C3=O)cc2)cc1. The Bertz CT molecular complexity index is 1160. The van der Waals surface area contributed by atoms with Gasteiger partial charge in [0.25, 0.3) is 5.91 Å². The second kappa shape index (κ2) is 10.1. The van der Waals surface area contributed by atoms with E-state index in [-0.39, 0.29) is 29.2 Å². The Kier molecular flexibility index (Phi) is 6.95. The van der Waals surface area contributed by atoms with Gasteiger partial charge in [0.15, 0.2) is 6.61 Å². The lowest BCUT2D eigenvalue weighted by atomic mass is 9.76. The van der Waals surface area contributed by atoms with Crippen LogP contribution in [0.1, 0.15) is 46.9 Å². The van der Waals surface area contributed by atoms with Crippen LogP contribution in [0.5, 0.6) is 0 Å². The predicted molar refractivity (Wildman–Crippen MR) is 126 cm³/mol. The van der Waals surface area contributed by atoms with Gasteiger partial charge in [-0.15, -0.1) is 0 Å². The molecule has 0 radical (unpaired) electrons. The molecule has 9 nitrogen and oxygen atoms in total. The van der Waals surface area contributed by atoms with Crippen molar-refractivity contribution in [2.24, 2.45) is 17.8 Å². The number of ether oxygens (including phenoxy) is 2. The Morgan fingerprint density at radius 1 is 0.886 bits per heavy atom. The lowest BCUT2D eigenvalue weighted by Crippen LogP contribution is -2.30. The average Bonchev–Trinajstić information content (AvgIpc) is 3.11. The van der Waals surface area contributed by atoms with Crippen LogP contribution >= 0.6 is 0 Å². The molecule has 3 amide bonds. The summed E-state index contributed by atoms with van der Waals surface area (Å²) < 4.78 is 9.68. The van der Waals surface area contributed by atoms with E-state index in [4.69, 9.17) is 4.74 Å². The topological polar surface area (TPSA) is 119 Å². The molecule has 1 saturated carbocycles. The van der Waals surface area contributed by atoms with E-state index in [2.05, 4.69) is 17.0 Å². The average molecular weight is 479 g/mol. The molecule has 0 spiro atoms. The number of carbonyl (C=O) groups excluding carboxylic acids is 5. The van der Waals surface area contributed by atoms with Crippen molar-refractivity contribution in [2.75, 3.05) is 23.9 Å². The van der Waals surface area contributed by atoms with Crippen LogP contribution in [0.4, 0.5) is 11.4 Å². The third kappa shape index (κ3) is 5.08. The number of hydrogen-bond acceptors (Lipinski definition) is 7. The summed E-state index contributed by atoms with van der Waals surface area (Å²) in [5, 5.41) is 2.57. The van der Waals surface area contributed by atoms with E-state index >= 15 is 0 Å². The molecule has 1 saturated heterocycles. The van der Waals surface area contributed by atoms with Crippen molar-refractivity contribution in [3.8, 4) is 0 Å². The summed E-state index contributed by atoms with van der Waals surface area (Å²) in [5.74, 6) is -2.24. The van der Waals surface area contributed by atoms with Crippen LogP contribution in [0.25, 0.3) is 0 Å². The molecule has 4 rings (SSSR count). The van der Waals surface area contributed by atoms with Crippen molar-refractivity contribution < 1.29 is 33.4 Å². The van der Waals surface area contributed by atoms with Gasteiger partial charge in [0.2, 0.25) is 11.8 Å². The van der Waals surface area contributed by atoms with Crippen molar-refractivity contribution >= 4 is 41.0 Å². The Morgan fingerprint density at radius 3 is 2.14 bits per heavy atom. The fourth-order valence-corrected chi connectivity index (χ4v) is 4.61. The highest BCUT2D eigenvalue weighted by atomic mass is 16.5. The molecule has 2 aliphatic rings. The standard InChI is InChI=1S/C26H26N2O7/c1-15-3-12-20-21(13-15)24(31)28(23(20)30)19-10-6-17(7-11-19)26(33)35-14-22(29)27-18-8-4-16(5-9-18)25(32)34-2/h4-11,15,20-21H,3,12-14H2,1-2H3,(H,27,29)/t15-,20+,21+/m0/s1. The van der Waals surface area contributed by atoms with Crippen molar-refractivity contribution in [3.63, 3.8) is 0 Å². The maximum absolute atomic E-state index is 12.9. The van der Waals surface area contributed by atoms with E-state index in [1.807, 2.05) is 0 Å². The van der Waals surface area contributed by atoms with Gasteiger partial charge >= 0.3 is 11.9 Å². The zero-order valence-electron chi connectivity index (χ0n) is 19.5. The highest BCUT2D eigenvalue weighted by molar-refractivity contribution is 6.22. The van der Waals surface area contributed by atoms with Crippen molar-refractivity contribution in [3.05, 3.63) is 59.7 Å². The second-order valence-corrected chi connectivity index (χ2v) is 8.88. The largest absolute Gasteiger partial charge is 0.465 e. The first-order valence-electron chi connectivity index (χ1n) is 11.4. The van der Waals surface area contributed by atoms with Crippen molar-refractivity contribution in [1.29, 1.82) is 0 Å². The predicted octanol–water partition coefficient (Wildman–Crippen LogP) is 3.19. The Morgan fingerprint density at radius 2 is 1.49 bits per heavy atom. The zero-order valence-corrected chi connectivity index (χ0v) is 19.5. The number of nitrogens with one attached hydrogen (secondary N) is 1. The summed E-state index contributed by atoms with van der Waals surface area (Å²) in [4.78, 5) is 62.8. The molecule has 9 heteroatoms. The Hall–Kier alpha value is -4.01. The van der Waals surface area contributed by atoms with Gasteiger partial charge in [-0.25, -0.2) is 9.59 Å². The molecule has 1 aliphatic carbocycles. The number of benzene rings is 2. The van der Waals surface area contributed by atoms with Crippen molar-refractivity contribution in [2.45, 2.75) is 26.2 Å². The number of amides is 3. The summed E-state index contributed by atoms with van der Waals surface area (Å²) >= 11 is 0. The van der Waals surface area contributed by atoms with E-state index in [9.17, 15) is 24.0 Å². The van der Waals surface area contributed by atoms with Crippen LogP contribution in [-0.4, -0.2) is 43.4 Å². The molecule has 182 valence electrons. The maximum atomic E-state index is 12.9. The van der Waals surface area contributed by atoms with Gasteiger partial charge < -0.3 is 14.8 Å². The van der Waals surface area contributed by atoms with Crippen LogP contribution in [0.15, 0.2) is 48.5 Å².